The Morgan fingerprint density at radius 2 is 2.10 bits per heavy atom. The van der Waals surface area contributed by atoms with Gasteiger partial charge in [-0.3, -0.25) is 9.82 Å². The number of amides is 1. The van der Waals surface area contributed by atoms with E-state index in [2.05, 4.69) is 30.5 Å². The fourth-order valence-electron chi connectivity index (χ4n) is 3.68. The Labute approximate surface area is 168 Å². The Morgan fingerprint density at radius 1 is 1.28 bits per heavy atom. The van der Waals surface area contributed by atoms with E-state index in [1.165, 1.54) is 6.20 Å². The van der Waals surface area contributed by atoms with Crippen molar-refractivity contribution in [3.05, 3.63) is 29.6 Å². The molecule has 2 atom stereocenters. The molecule has 0 bridgehead atoms. The SMILES string of the molecule is CC(C)NC(=O)O[C@@H]1CC[C@H](c2cc(Nc3cc4c(cn3)NS(=O)(=O)C4)n[nH]2)C1. The van der Waals surface area contributed by atoms with E-state index < -0.39 is 10.0 Å². The number of aromatic nitrogens is 3. The molecule has 11 heteroatoms. The van der Waals surface area contributed by atoms with Crippen molar-refractivity contribution in [1.82, 2.24) is 20.5 Å². The van der Waals surface area contributed by atoms with Gasteiger partial charge in [0.05, 0.1) is 17.6 Å². The lowest BCUT2D eigenvalue weighted by Crippen LogP contribution is -2.33. The van der Waals surface area contributed by atoms with Crippen LogP contribution in [0.3, 0.4) is 0 Å². The van der Waals surface area contributed by atoms with Crippen LogP contribution in [0.2, 0.25) is 0 Å². The number of fused-ring (bicyclic) bond motifs is 1. The molecule has 29 heavy (non-hydrogen) atoms. The van der Waals surface area contributed by atoms with Gasteiger partial charge in [-0.15, -0.1) is 0 Å². The van der Waals surface area contributed by atoms with E-state index in [9.17, 15) is 13.2 Å². The summed E-state index contributed by atoms with van der Waals surface area (Å²) >= 11 is 0. The largest absolute Gasteiger partial charge is 0.446 e. The van der Waals surface area contributed by atoms with Crippen LogP contribution in [0.5, 0.6) is 0 Å². The number of sulfonamides is 1. The van der Waals surface area contributed by atoms with Gasteiger partial charge in [0.1, 0.15) is 11.9 Å². The first-order valence-corrected chi connectivity index (χ1v) is 11.2. The highest BCUT2D eigenvalue weighted by molar-refractivity contribution is 7.92. The van der Waals surface area contributed by atoms with Crippen LogP contribution in [-0.2, 0) is 20.5 Å². The molecule has 1 aliphatic heterocycles. The number of rotatable bonds is 5. The number of ether oxygens (including phenoxy) is 1. The highest BCUT2D eigenvalue weighted by atomic mass is 32.2. The Bertz CT molecular complexity index is 1020. The fourth-order valence-corrected chi connectivity index (χ4v) is 4.92. The summed E-state index contributed by atoms with van der Waals surface area (Å²) in [5, 5.41) is 13.1. The quantitative estimate of drug-likeness (QED) is 0.583. The smallest absolute Gasteiger partial charge is 0.407 e. The van der Waals surface area contributed by atoms with Crippen LogP contribution in [-0.4, -0.2) is 41.8 Å². The molecule has 1 fully saturated rings. The molecule has 1 saturated carbocycles. The molecule has 0 radical (unpaired) electrons. The topological polar surface area (TPSA) is 138 Å². The summed E-state index contributed by atoms with van der Waals surface area (Å²) in [7, 11) is -3.30. The second-order valence-corrected chi connectivity index (χ2v) is 9.48. The van der Waals surface area contributed by atoms with Gasteiger partial charge in [-0.1, -0.05) is 0 Å². The molecule has 0 spiro atoms. The molecule has 10 nitrogen and oxygen atoms in total. The van der Waals surface area contributed by atoms with Crippen molar-refractivity contribution < 1.29 is 17.9 Å². The van der Waals surface area contributed by atoms with Crippen molar-refractivity contribution in [3.8, 4) is 0 Å². The minimum atomic E-state index is -3.30. The number of pyridine rings is 1. The molecular formula is C18H24N6O4S. The molecule has 3 heterocycles. The third kappa shape index (κ3) is 4.61. The molecule has 4 rings (SSSR count). The average molecular weight is 420 g/mol. The van der Waals surface area contributed by atoms with Crippen LogP contribution in [0.15, 0.2) is 18.3 Å². The van der Waals surface area contributed by atoms with Gasteiger partial charge in [-0.25, -0.2) is 18.2 Å². The van der Waals surface area contributed by atoms with Gasteiger partial charge in [-0.05, 0) is 44.7 Å². The average Bonchev–Trinajstić information content (AvgIpc) is 3.31. The van der Waals surface area contributed by atoms with E-state index in [0.29, 0.717) is 22.9 Å². The molecule has 0 unspecified atom stereocenters. The van der Waals surface area contributed by atoms with Crippen LogP contribution in [0.1, 0.15) is 50.3 Å². The zero-order valence-corrected chi connectivity index (χ0v) is 17.0. The van der Waals surface area contributed by atoms with E-state index in [1.54, 1.807) is 6.07 Å². The maximum atomic E-state index is 11.8. The third-order valence-electron chi connectivity index (χ3n) is 4.96. The molecule has 2 aromatic rings. The Morgan fingerprint density at radius 3 is 2.90 bits per heavy atom. The van der Waals surface area contributed by atoms with Crippen molar-refractivity contribution >= 4 is 33.4 Å². The number of hydrogen-bond acceptors (Lipinski definition) is 7. The van der Waals surface area contributed by atoms with Crippen LogP contribution in [0.4, 0.5) is 22.1 Å². The summed E-state index contributed by atoms with van der Waals surface area (Å²) in [5.41, 5.74) is 2.15. The Hall–Kier alpha value is -2.82. The monoisotopic (exact) mass is 420 g/mol. The second-order valence-electron chi connectivity index (χ2n) is 7.76. The molecule has 0 saturated heterocycles. The summed E-state index contributed by atoms with van der Waals surface area (Å²) in [6.07, 6.45) is 3.47. The molecular weight excluding hydrogens is 396 g/mol. The second kappa shape index (κ2) is 7.54. The predicted octanol–water partition coefficient (Wildman–Crippen LogP) is 2.57. The van der Waals surface area contributed by atoms with E-state index >= 15 is 0 Å². The lowest BCUT2D eigenvalue weighted by atomic mass is 10.0. The van der Waals surface area contributed by atoms with Crippen LogP contribution in [0.25, 0.3) is 0 Å². The molecule has 156 valence electrons. The van der Waals surface area contributed by atoms with Crippen molar-refractivity contribution in [2.24, 2.45) is 0 Å². The maximum Gasteiger partial charge on any atom is 0.407 e. The van der Waals surface area contributed by atoms with E-state index in [4.69, 9.17) is 4.74 Å². The van der Waals surface area contributed by atoms with Crippen LogP contribution >= 0.6 is 0 Å². The lowest BCUT2D eigenvalue weighted by Gasteiger charge is -2.14. The number of hydrogen-bond donors (Lipinski definition) is 4. The number of nitrogens with one attached hydrogen (secondary N) is 4. The number of carbonyl (C=O) groups is 1. The van der Waals surface area contributed by atoms with E-state index in [1.807, 2.05) is 19.9 Å². The molecule has 2 aliphatic rings. The minimum Gasteiger partial charge on any atom is -0.446 e. The van der Waals surface area contributed by atoms with Gasteiger partial charge in [0.2, 0.25) is 10.0 Å². The first-order chi connectivity index (χ1) is 13.8. The molecule has 2 aromatic heterocycles. The summed E-state index contributed by atoms with van der Waals surface area (Å²) in [4.78, 5) is 16.0. The zero-order chi connectivity index (χ0) is 20.6. The van der Waals surface area contributed by atoms with Crippen LogP contribution in [0, 0.1) is 0 Å². The van der Waals surface area contributed by atoms with E-state index in [0.717, 1.165) is 25.0 Å². The highest BCUT2D eigenvalue weighted by Crippen LogP contribution is 2.36. The number of aromatic amines is 1. The zero-order valence-electron chi connectivity index (χ0n) is 16.2. The number of H-pyrrole nitrogens is 1. The third-order valence-corrected chi connectivity index (χ3v) is 6.18. The lowest BCUT2D eigenvalue weighted by molar-refractivity contribution is 0.0981. The summed E-state index contributed by atoms with van der Waals surface area (Å²) in [6, 6.07) is 3.66. The van der Waals surface area contributed by atoms with Crippen molar-refractivity contribution in [1.29, 1.82) is 0 Å². The summed E-state index contributed by atoms with van der Waals surface area (Å²) in [6.45, 7) is 3.78. The van der Waals surface area contributed by atoms with Crippen LogP contribution < -0.4 is 15.4 Å². The fraction of sp³-hybridized carbons (Fsp3) is 0.500. The molecule has 1 aliphatic carbocycles. The van der Waals surface area contributed by atoms with Crippen molar-refractivity contribution in [2.45, 2.75) is 56.9 Å². The number of carbonyl (C=O) groups excluding carboxylic acids is 1. The van der Waals surface area contributed by atoms with Gasteiger partial charge in [0.25, 0.3) is 0 Å². The van der Waals surface area contributed by atoms with Gasteiger partial charge >= 0.3 is 6.09 Å². The van der Waals surface area contributed by atoms with Crippen molar-refractivity contribution in [2.75, 3.05) is 10.0 Å². The van der Waals surface area contributed by atoms with Gasteiger partial charge in [-0.2, -0.15) is 5.10 Å². The first kappa shape index (κ1) is 19.5. The molecule has 4 N–H and O–H groups in total. The molecule has 1 amide bonds. The molecule has 0 aromatic carbocycles. The highest BCUT2D eigenvalue weighted by Gasteiger charge is 2.30. The van der Waals surface area contributed by atoms with Crippen molar-refractivity contribution in [3.63, 3.8) is 0 Å². The number of anilines is 3. The standard InChI is InChI=1S/C18H24N6O4S/c1-10(2)20-18(25)28-13-4-3-11(5-13)14-7-17(23-22-14)21-16-6-12-9-29(26,27)24-15(12)8-19-16/h6-8,10-11,13,24H,3-5,9H2,1-2H3,(H,20,25)(H2,19,21,22,23)/t11-,13+/m0/s1. The van der Waals surface area contributed by atoms with Gasteiger partial charge < -0.3 is 15.4 Å². The number of nitrogens with zero attached hydrogens (tertiary/aromatic N) is 2. The minimum absolute atomic E-state index is 0.0460. The van der Waals surface area contributed by atoms with Gasteiger partial charge in [0, 0.05) is 23.7 Å². The van der Waals surface area contributed by atoms with E-state index in [-0.39, 0.29) is 29.9 Å². The normalized spacial score (nSPS) is 22.2. The Balaban J connectivity index is 1.36. The first-order valence-electron chi connectivity index (χ1n) is 9.56. The van der Waals surface area contributed by atoms with Gasteiger partial charge in [0.15, 0.2) is 5.82 Å². The number of alkyl carbamates (subject to hydrolysis) is 1. The summed E-state index contributed by atoms with van der Waals surface area (Å²) < 4.78 is 31.2. The maximum absolute atomic E-state index is 11.8. The predicted molar refractivity (Wildman–Crippen MR) is 107 cm³/mol. The Kier molecular flexibility index (Phi) is 5.07. The summed E-state index contributed by atoms with van der Waals surface area (Å²) in [5.74, 6) is 1.30.